The molecule has 0 saturated heterocycles. The van der Waals surface area contributed by atoms with Crippen molar-refractivity contribution >= 4 is 33.2 Å². The highest BCUT2D eigenvalue weighted by molar-refractivity contribution is 9.11. The molecule has 0 spiro atoms. The van der Waals surface area contributed by atoms with Gasteiger partial charge in [-0.1, -0.05) is 35.9 Å². The van der Waals surface area contributed by atoms with Gasteiger partial charge in [0.25, 0.3) is 5.91 Å². The SMILES string of the molecule is C=C(Br)CNC(=O)c1cc(CCC)c(C)s1. The Morgan fingerprint density at radius 2 is 2.31 bits per heavy atom. The van der Waals surface area contributed by atoms with Crippen molar-refractivity contribution in [3.63, 3.8) is 0 Å². The second-order valence-electron chi connectivity index (χ2n) is 3.64. The first-order valence-corrected chi connectivity index (χ1v) is 6.86. The molecule has 1 heterocycles. The van der Waals surface area contributed by atoms with Gasteiger partial charge in [-0.2, -0.15) is 0 Å². The number of thiophene rings is 1. The Kier molecular flexibility index (Phi) is 5.22. The number of rotatable bonds is 5. The van der Waals surface area contributed by atoms with Crippen LogP contribution >= 0.6 is 27.3 Å². The van der Waals surface area contributed by atoms with Gasteiger partial charge in [0, 0.05) is 15.9 Å². The topological polar surface area (TPSA) is 29.1 Å². The Bertz CT molecular complexity index is 398. The number of carbonyl (C=O) groups excluding carboxylic acids is 1. The van der Waals surface area contributed by atoms with Crippen LogP contribution in [-0.2, 0) is 6.42 Å². The molecule has 4 heteroatoms. The van der Waals surface area contributed by atoms with Crippen LogP contribution < -0.4 is 5.32 Å². The molecular formula is C12H16BrNOS. The van der Waals surface area contributed by atoms with Crippen LogP contribution in [-0.4, -0.2) is 12.5 Å². The van der Waals surface area contributed by atoms with Gasteiger partial charge in [-0.05, 0) is 25.0 Å². The van der Waals surface area contributed by atoms with Gasteiger partial charge in [0.2, 0.25) is 0 Å². The third-order valence-electron chi connectivity index (χ3n) is 2.20. The molecule has 16 heavy (non-hydrogen) atoms. The summed E-state index contributed by atoms with van der Waals surface area (Å²) in [5.41, 5.74) is 1.29. The maximum Gasteiger partial charge on any atom is 0.261 e. The van der Waals surface area contributed by atoms with Crippen LogP contribution in [0.3, 0.4) is 0 Å². The predicted octanol–water partition coefficient (Wildman–Crippen LogP) is 3.65. The summed E-state index contributed by atoms with van der Waals surface area (Å²) in [5, 5.41) is 2.81. The van der Waals surface area contributed by atoms with Crippen LogP contribution in [0.1, 0.15) is 33.5 Å². The van der Waals surface area contributed by atoms with Crippen LogP contribution in [0.15, 0.2) is 17.1 Å². The Morgan fingerprint density at radius 1 is 1.62 bits per heavy atom. The lowest BCUT2D eigenvalue weighted by atomic mass is 10.1. The molecule has 0 atom stereocenters. The van der Waals surface area contributed by atoms with E-state index in [0.717, 1.165) is 22.2 Å². The van der Waals surface area contributed by atoms with Crippen molar-refractivity contribution in [2.75, 3.05) is 6.54 Å². The number of halogens is 1. The summed E-state index contributed by atoms with van der Waals surface area (Å²) in [6, 6.07) is 2.00. The zero-order valence-corrected chi connectivity index (χ0v) is 12.0. The van der Waals surface area contributed by atoms with Crippen molar-refractivity contribution < 1.29 is 4.79 Å². The van der Waals surface area contributed by atoms with Crippen molar-refractivity contribution in [3.8, 4) is 0 Å². The molecule has 1 amide bonds. The molecule has 1 N–H and O–H groups in total. The maximum atomic E-state index is 11.8. The molecule has 0 saturated carbocycles. The van der Waals surface area contributed by atoms with E-state index in [9.17, 15) is 4.79 Å². The van der Waals surface area contributed by atoms with Crippen molar-refractivity contribution in [1.29, 1.82) is 0 Å². The molecule has 0 aliphatic carbocycles. The number of carbonyl (C=O) groups is 1. The smallest absolute Gasteiger partial charge is 0.261 e. The van der Waals surface area contributed by atoms with Gasteiger partial charge >= 0.3 is 0 Å². The zero-order chi connectivity index (χ0) is 12.1. The molecule has 0 bridgehead atoms. The molecule has 0 aromatic carbocycles. The molecule has 2 nitrogen and oxygen atoms in total. The van der Waals surface area contributed by atoms with E-state index in [2.05, 4.69) is 41.7 Å². The average Bonchev–Trinajstić information content (AvgIpc) is 2.57. The molecule has 0 aliphatic rings. The number of aryl methyl sites for hydroxylation is 2. The number of nitrogens with one attached hydrogen (secondary N) is 1. The molecule has 1 rings (SSSR count). The van der Waals surface area contributed by atoms with Crippen LogP contribution in [0.25, 0.3) is 0 Å². The summed E-state index contributed by atoms with van der Waals surface area (Å²) in [6.07, 6.45) is 2.15. The van der Waals surface area contributed by atoms with E-state index in [0.29, 0.717) is 6.54 Å². The first-order chi connectivity index (χ1) is 7.54. The average molecular weight is 302 g/mol. The summed E-state index contributed by atoms with van der Waals surface area (Å²) >= 11 is 4.77. The zero-order valence-electron chi connectivity index (χ0n) is 9.60. The van der Waals surface area contributed by atoms with Gasteiger partial charge in [0.1, 0.15) is 0 Å². The maximum absolute atomic E-state index is 11.8. The third kappa shape index (κ3) is 3.76. The van der Waals surface area contributed by atoms with E-state index < -0.39 is 0 Å². The summed E-state index contributed by atoms with van der Waals surface area (Å²) in [7, 11) is 0. The molecule has 88 valence electrons. The molecule has 0 radical (unpaired) electrons. The van der Waals surface area contributed by atoms with Gasteiger partial charge in [-0.3, -0.25) is 4.79 Å². The van der Waals surface area contributed by atoms with Crippen LogP contribution in [0, 0.1) is 6.92 Å². The minimum atomic E-state index is -0.0175. The fourth-order valence-corrected chi connectivity index (χ4v) is 2.54. The van der Waals surface area contributed by atoms with E-state index in [-0.39, 0.29) is 5.91 Å². The van der Waals surface area contributed by atoms with Crippen molar-refractivity contribution in [2.24, 2.45) is 0 Å². The molecule has 0 unspecified atom stereocenters. The van der Waals surface area contributed by atoms with Gasteiger partial charge in [0.15, 0.2) is 0 Å². The van der Waals surface area contributed by atoms with E-state index in [1.54, 1.807) is 11.3 Å². The fraction of sp³-hybridized carbons (Fsp3) is 0.417. The van der Waals surface area contributed by atoms with Gasteiger partial charge in [0.05, 0.1) is 4.88 Å². The van der Waals surface area contributed by atoms with Gasteiger partial charge < -0.3 is 5.32 Å². The summed E-state index contributed by atoms with van der Waals surface area (Å²) in [6.45, 7) is 8.36. The van der Waals surface area contributed by atoms with Gasteiger partial charge in [-0.15, -0.1) is 11.3 Å². The van der Waals surface area contributed by atoms with Crippen molar-refractivity contribution in [3.05, 3.63) is 32.4 Å². The number of hydrogen-bond donors (Lipinski definition) is 1. The van der Waals surface area contributed by atoms with E-state index in [1.165, 1.54) is 10.4 Å². The largest absolute Gasteiger partial charge is 0.347 e. The molecule has 0 fully saturated rings. The Morgan fingerprint density at radius 3 is 2.88 bits per heavy atom. The van der Waals surface area contributed by atoms with Gasteiger partial charge in [-0.25, -0.2) is 0 Å². The highest BCUT2D eigenvalue weighted by Gasteiger charge is 2.11. The summed E-state index contributed by atoms with van der Waals surface area (Å²) in [5.74, 6) is -0.0175. The van der Waals surface area contributed by atoms with Crippen LogP contribution in [0.2, 0.25) is 0 Å². The normalized spacial score (nSPS) is 10.2. The quantitative estimate of drug-likeness (QED) is 0.884. The lowest BCUT2D eigenvalue weighted by Crippen LogP contribution is -2.23. The second kappa shape index (κ2) is 6.21. The van der Waals surface area contributed by atoms with Crippen LogP contribution in [0.5, 0.6) is 0 Å². The van der Waals surface area contributed by atoms with Crippen molar-refractivity contribution in [2.45, 2.75) is 26.7 Å². The highest BCUT2D eigenvalue weighted by atomic mass is 79.9. The highest BCUT2D eigenvalue weighted by Crippen LogP contribution is 2.22. The molecule has 1 aromatic heterocycles. The number of amides is 1. The molecular weight excluding hydrogens is 286 g/mol. The minimum Gasteiger partial charge on any atom is -0.347 e. The second-order valence-corrected chi connectivity index (χ2v) is 6.02. The standard InChI is InChI=1S/C12H16BrNOS/c1-4-5-10-6-11(16-9(10)3)12(15)14-7-8(2)13/h6H,2,4-5,7H2,1,3H3,(H,14,15). The first-order valence-electron chi connectivity index (χ1n) is 5.25. The molecule has 1 aromatic rings. The van der Waals surface area contributed by atoms with E-state index >= 15 is 0 Å². The monoisotopic (exact) mass is 301 g/mol. The van der Waals surface area contributed by atoms with E-state index in [4.69, 9.17) is 0 Å². The fourth-order valence-electron chi connectivity index (χ4n) is 1.41. The van der Waals surface area contributed by atoms with Crippen LogP contribution in [0.4, 0.5) is 0 Å². The minimum absolute atomic E-state index is 0.0175. The molecule has 0 aliphatic heterocycles. The lowest BCUT2D eigenvalue weighted by Gasteiger charge is -2.00. The summed E-state index contributed by atoms with van der Waals surface area (Å²) < 4.78 is 0.780. The Balaban J connectivity index is 2.69. The Labute approximate surface area is 109 Å². The number of hydrogen-bond acceptors (Lipinski definition) is 2. The summed E-state index contributed by atoms with van der Waals surface area (Å²) in [4.78, 5) is 13.8. The van der Waals surface area contributed by atoms with E-state index in [1.807, 2.05) is 6.07 Å². The lowest BCUT2D eigenvalue weighted by molar-refractivity contribution is 0.0961. The first kappa shape index (κ1) is 13.5. The van der Waals surface area contributed by atoms with Crippen molar-refractivity contribution in [1.82, 2.24) is 5.32 Å². The predicted molar refractivity (Wildman–Crippen MR) is 73.5 cm³/mol. The third-order valence-corrected chi connectivity index (χ3v) is 3.58. The Hall–Kier alpha value is -0.610.